The molecule has 30 heavy (non-hydrogen) atoms. The lowest BCUT2D eigenvalue weighted by Crippen LogP contribution is -2.17. The van der Waals surface area contributed by atoms with E-state index >= 15 is 0 Å². The molecular formula is C24H21N3O3. The van der Waals surface area contributed by atoms with Crippen LogP contribution in [0.15, 0.2) is 66.7 Å². The third kappa shape index (κ3) is 4.83. The summed E-state index contributed by atoms with van der Waals surface area (Å²) in [6.45, 7) is 4.15. The van der Waals surface area contributed by atoms with Gasteiger partial charge < -0.3 is 15.7 Å². The molecule has 0 heterocycles. The Morgan fingerprint density at radius 1 is 0.867 bits per heavy atom. The van der Waals surface area contributed by atoms with Crippen molar-refractivity contribution < 1.29 is 14.7 Å². The van der Waals surface area contributed by atoms with Crippen LogP contribution in [0.2, 0.25) is 0 Å². The Morgan fingerprint density at radius 3 is 2.20 bits per heavy atom. The van der Waals surface area contributed by atoms with Crippen LogP contribution in [0.3, 0.4) is 0 Å². The summed E-state index contributed by atoms with van der Waals surface area (Å²) in [5, 5.41) is 24.3. The second-order valence-corrected chi connectivity index (χ2v) is 7.11. The maximum atomic E-state index is 12.7. The maximum absolute atomic E-state index is 12.7. The van der Waals surface area contributed by atoms with Gasteiger partial charge >= 0.3 is 0 Å². The van der Waals surface area contributed by atoms with Crippen LogP contribution in [-0.2, 0) is 0 Å². The zero-order valence-electron chi connectivity index (χ0n) is 16.6. The summed E-state index contributed by atoms with van der Waals surface area (Å²) in [6.07, 6.45) is 0. The Kier molecular flexibility index (Phi) is 6.14. The number of nitrogens with one attached hydrogen (secondary N) is 2. The van der Waals surface area contributed by atoms with Gasteiger partial charge in [0, 0.05) is 17.2 Å². The molecule has 6 heteroatoms. The molecule has 3 aromatic carbocycles. The van der Waals surface area contributed by atoms with Crippen LogP contribution in [0.4, 0.5) is 11.4 Å². The van der Waals surface area contributed by atoms with Gasteiger partial charge in [0.15, 0.2) is 0 Å². The first-order chi connectivity index (χ1) is 14.4. The summed E-state index contributed by atoms with van der Waals surface area (Å²) < 4.78 is 0. The fraction of sp³-hybridized carbons (Fsp3) is 0.125. The van der Waals surface area contributed by atoms with Crippen LogP contribution < -0.4 is 10.6 Å². The Labute approximate surface area is 174 Å². The maximum Gasteiger partial charge on any atom is 0.255 e. The van der Waals surface area contributed by atoms with E-state index in [0.717, 1.165) is 5.56 Å². The number of nitriles is 1. The van der Waals surface area contributed by atoms with Gasteiger partial charge in [-0.25, -0.2) is 0 Å². The van der Waals surface area contributed by atoms with Crippen LogP contribution in [0.5, 0.6) is 5.75 Å². The number of aromatic hydroxyl groups is 1. The van der Waals surface area contributed by atoms with E-state index in [1.807, 2.05) is 18.2 Å². The summed E-state index contributed by atoms with van der Waals surface area (Å²) in [6, 6.07) is 19.8. The molecule has 2 amide bonds. The molecule has 0 aliphatic carbocycles. The van der Waals surface area contributed by atoms with Crippen molar-refractivity contribution in [2.45, 2.75) is 19.8 Å². The van der Waals surface area contributed by atoms with Crippen molar-refractivity contribution in [3.63, 3.8) is 0 Å². The predicted octanol–water partition coefficient (Wildman–Crippen LogP) is 4.89. The molecule has 0 bridgehead atoms. The summed E-state index contributed by atoms with van der Waals surface area (Å²) in [5.74, 6) is -0.494. The van der Waals surface area contributed by atoms with Gasteiger partial charge in [-0.3, -0.25) is 9.59 Å². The second kappa shape index (κ2) is 8.93. The molecule has 3 rings (SSSR count). The van der Waals surface area contributed by atoms with Gasteiger partial charge in [-0.2, -0.15) is 5.26 Å². The first kappa shape index (κ1) is 20.6. The van der Waals surface area contributed by atoms with Gasteiger partial charge in [0.2, 0.25) is 0 Å². The quantitative estimate of drug-likeness (QED) is 0.531. The fourth-order valence-corrected chi connectivity index (χ4v) is 2.88. The molecule has 0 saturated carbocycles. The Morgan fingerprint density at radius 2 is 1.53 bits per heavy atom. The van der Waals surface area contributed by atoms with Crippen molar-refractivity contribution in [2.75, 3.05) is 10.6 Å². The molecular weight excluding hydrogens is 378 g/mol. The fourth-order valence-electron chi connectivity index (χ4n) is 2.88. The zero-order chi connectivity index (χ0) is 21.7. The highest BCUT2D eigenvalue weighted by atomic mass is 16.3. The summed E-state index contributed by atoms with van der Waals surface area (Å²) in [4.78, 5) is 25.2. The smallest absolute Gasteiger partial charge is 0.255 e. The van der Waals surface area contributed by atoms with E-state index in [9.17, 15) is 14.7 Å². The predicted molar refractivity (Wildman–Crippen MR) is 116 cm³/mol. The molecule has 150 valence electrons. The lowest BCUT2D eigenvalue weighted by Gasteiger charge is -2.13. The van der Waals surface area contributed by atoms with E-state index < -0.39 is 5.91 Å². The monoisotopic (exact) mass is 399 g/mol. The minimum atomic E-state index is -0.436. The van der Waals surface area contributed by atoms with Crippen molar-refractivity contribution in [1.29, 1.82) is 5.26 Å². The average molecular weight is 399 g/mol. The van der Waals surface area contributed by atoms with Gasteiger partial charge in [-0.05, 0) is 53.9 Å². The van der Waals surface area contributed by atoms with Crippen molar-refractivity contribution in [3.05, 3.63) is 89.0 Å². The molecule has 0 aliphatic heterocycles. The van der Waals surface area contributed by atoms with Gasteiger partial charge in [0.1, 0.15) is 5.75 Å². The molecule has 6 nitrogen and oxygen atoms in total. The third-order valence-electron chi connectivity index (χ3n) is 4.59. The average Bonchev–Trinajstić information content (AvgIpc) is 2.75. The van der Waals surface area contributed by atoms with E-state index in [0.29, 0.717) is 28.3 Å². The molecule has 0 fully saturated rings. The molecule has 0 aromatic heterocycles. The summed E-state index contributed by atoms with van der Waals surface area (Å²) in [5.41, 5.74) is 2.85. The lowest BCUT2D eigenvalue weighted by atomic mass is 10.0. The Bertz CT molecular complexity index is 1130. The summed E-state index contributed by atoms with van der Waals surface area (Å²) >= 11 is 0. The number of carbonyl (C=O) groups excluding carboxylic acids is 2. The van der Waals surface area contributed by atoms with Crippen LogP contribution in [0.1, 0.15) is 51.6 Å². The molecule has 3 N–H and O–H groups in total. The zero-order valence-corrected chi connectivity index (χ0v) is 16.6. The van der Waals surface area contributed by atoms with E-state index in [1.165, 1.54) is 24.3 Å². The number of phenols is 1. The first-order valence-corrected chi connectivity index (χ1v) is 9.43. The summed E-state index contributed by atoms with van der Waals surface area (Å²) in [7, 11) is 0. The molecule has 0 atom stereocenters. The van der Waals surface area contributed by atoms with Gasteiger partial charge in [0.05, 0.1) is 23.0 Å². The highest BCUT2D eigenvalue weighted by Gasteiger charge is 2.14. The molecule has 0 saturated heterocycles. The minimum Gasteiger partial charge on any atom is -0.508 e. The molecule has 3 aromatic rings. The normalized spacial score (nSPS) is 10.3. The number of hydrogen-bond acceptors (Lipinski definition) is 4. The SMILES string of the molecule is CC(C)c1ccc(C(=O)Nc2cc(O)ccc2NC(=O)c2cccc(C#N)c2)cc1. The van der Waals surface area contributed by atoms with Gasteiger partial charge in [0.25, 0.3) is 11.8 Å². The Balaban J connectivity index is 1.82. The standard InChI is InChI=1S/C24H21N3O3/c1-15(2)17-6-8-18(9-7-17)23(29)27-22-13-20(28)10-11-21(22)26-24(30)19-5-3-4-16(12-19)14-25/h3-13,15,28H,1-2H3,(H,26,30)(H,27,29). The third-order valence-corrected chi connectivity index (χ3v) is 4.59. The number of hydrogen-bond donors (Lipinski definition) is 3. The number of benzene rings is 3. The van der Waals surface area contributed by atoms with Crippen molar-refractivity contribution in [1.82, 2.24) is 0 Å². The molecule has 0 spiro atoms. The Hall–Kier alpha value is -4.11. The highest BCUT2D eigenvalue weighted by molar-refractivity contribution is 6.10. The van der Waals surface area contributed by atoms with Crippen molar-refractivity contribution >= 4 is 23.2 Å². The topological polar surface area (TPSA) is 102 Å². The minimum absolute atomic E-state index is 0.0510. The van der Waals surface area contributed by atoms with Crippen molar-refractivity contribution in [3.8, 4) is 11.8 Å². The van der Waals surface area contributed by atoms with Gasteiger partial charge in [-0.1, -0.05) is 32.0 Å². The van der Waals surface area contributed by atoms with Crippen LogP contribution in [-0.4, -0.2) is 16.9 Å². The lowest BCUT2D eigenvalue weighted by molar-refractivity contribution is 0.101. The van der Waals surface area contributed by atoms with Gasteiger partial charge in [-0.15, -0.1) is 0 Å². The highest BCUT2D eigenvalue weighted by Crippen LogP contribution is 2.28. The van der Waals surface area contributed by atoms with E-state index in [-0.39, 0.29) is 17.3 Å². The number of amides is 2. The molecule has 0 unspecified atom stereocenters. The number of rotatable bonds is 5. The van der Waals surface area contributed by atoms with Crippen LogP contribution in [0, 0.1) is 11.3 Å². The largest absolute Gasteiger partial charge is 0.508 e. The van der Waals surface area contributed by atoms with E-state index in [2.05, 4.69) is 24.5 Å². The number of anilines is 2. The van der Waals surface area contributed by atoms with Crippen molar-refractivity contribution in [2.24, 2.45) is 0 Å². The molecule has 0 aliphatic rings. The number of nitrogens with zero attached hydrogens (tertiary/aromatic N) is 1. The van der Waals surface area contributed by atoms with E-state index in [4.69, 9.17) is 5.26 Å². The second-order valence-electron chi connectivity index (χ2n) is 7.11. The van der Waals surface area contributed by atoms with Crippen LogP contribution >= 0.6 is 0 Å². The molecule has 0 radical (unpaired) electrons. The first-order valence-electron chi connectivity index (χ1n) is 9.43. The van der Waals surface area contributed by atoms with E-state index in [1.54, 1.807) is 30.3 Å². The number of phenolic OH excluding ortho intramolecular Hbond substituents is 1. The van der Waals surface area contributed by atoms with Crippen LogP contribution in [0.25, 0.3) is 0 Å². The number of carbonyl (C=O) groups is 2.